The summed E-state index contributed by atoms with van der Waals surface area (Å²) in [5.74, 6) is -1.33. The molecule has 31 heavy (non-hydrogen) atoms. The number of rotatable bonds is 5. The molecule has 170 valence electrons. The highest BCUT2D eigenvalue weighted by Crippen LogP contribution is 2.66. The number of hydrogen-bond donors (Lipinski definition) is 0. The van der Waals surface area contributed by atoms with Crippen LogP contribution in [0, 0.1) is 16.2 Å². The van der Waals surface area contributed by atoms with E-state index < -0.39 is 22.8 Å². The molecule has 0 N–H and O–H groups in total. The Labute approximate surface area is 182 Å². The molecule has 3 atom stereocenters. The van der Waals surface area contributed by atoms with E-state index in [1.807, 2.05) is 19.9 Å². The number of nitrogens with zero attached hydrogens (tertiary/aromatic N) is 1. The maximum Gasteiger partial charge on any atom is 0.339 e. The summed E-state index contributed by atoms with van der Waals surface area (Å²) in [5, 5.41) is 0. The lowest BCUT2D eigenvalue weighted by Gasteiger charge is -2.51. The molecule has 0 unspecified atom stereocenters. The summed E-state index contributed by atoms with van der Waals surface area (Å²) in [4.78, 5) is 40.9. The summed E-state index contributed by atoms with van der Waals surface area (Å²) in [6.45, 7) is 7.48. The van der Waals surface area contributed by atoms with Crippen LogP contribution in [0.25, 0.3) is 0 Å². The van der Waals surface area contributed by atoms with E-state index in [1.165, 1.54) is 18.2 Å². The molecule has 3 aliphatic heterocycles. The number of methoxy groups -OCH3 is 1. The molecule has 1 saturated carbocycles. The van der Waals surface area contributed by atoms with E-state index in [0.717, 1.165) is 6.42 Å². The summed E-state index contributed by atoms with van der Waals surface area (Å²) in [6, 6.07) is -0.333. The zero-order valence-electron chi connectivity index (χ0n) is 18.6. The lowest BCUT2D eigenvalue weighted by molar-refractivity contribution is -0.193. The van der Waals surface area contributed by atoms with Crippen LogP contribution in [0.3, 0.4) is 0 Å². The van der Waals surface area contributed by atoms with Gasteiger partial charge in [0.2, 0.25) is 5.91 Å². The van der Waals surface area contributed by atoms with Gasteiger partial charge in [-0.2, -0.15) is 0 Å². The third-order valence-corrected chi connectivity index (χ3v) is 8.04. The van der Waals surface area contributed by atoms with Gasteiger partial charge in [-0.3, -0.25) is 9.59 Å². The van der Waals surface area contributed by atoms with Gasteiger partial charge >= 0.3 is 11.9 Å². The number of cyclic esters (lactones) is 1. The van der Waals surface area contributed by atoms with Crippen molar-refractivity contribution in [3.05, 3.63) is 23.9 Å². The minimum atomic E-state index is -1.29. The van der Waals surface area contributed by atoms with Gasteiger partial charge in [0, 0.05) is 18.0 Å². The standard InChI is InChI=1S/C23H31NO7/c1-21(2)22(3)9-10-23(21,20(27)31-14-22)19(26)24-13-15(18(25)28-4)5-6-16(24)7-8-17-29-11-12-30-17/h5-6,13,16-17H,7-12,14H2,1-4H3/t16-,22-,23-/m0/s1. The molecular weight excluding hydrogens is 402 g/mol. The SMILES string of the molecule is COC(=O)C1=CN(C(=O)[C@@]23CC[C@@](C)(COC2=O)C3(C)C)[C@H](CCC2OCCO2)C=C1. The third kappa shape index (κ3) is 3.22. The Balaban J connectivity index is 1.67. The second kappa shape index (κ2) is 7.74. The Morgan fingerprint density at radius 3 is 2.55 bits per heavy atom. The van der Waals surface area contributed by atoms with Crippen molar-refractivity contribution >= 4 is 17.8 Å². The normalized spacial score (nSPS) is 34.5. The molecule has 0 aromatic carbocycles. The Morgan fingerprint density at radius 1 is 1.16 bits per heavy atom. The summed E-state index contributed by atoms with van der Waals surface area (Å²) >= 11 is 0. The molecule has 8 nitrogen and oxygen atoms in total. The average Bonchev–Trinajstić information content (AvgIpc) is 3.31. The molecule has 4 rings (SSSR count). The molecule has 4 aliphatic rings. The predicted octanol–water partition coefficient (Wildman–Crippen LogP) is 2.33. The number of hydrogen-bond acceptors (Lipinski definition) is 7. The van der Waals surface area contributed by atoms with E-state index in [0.29, 0.717) is 39.1 Å². The van der Waals surface area contributed by atoms with Gasteiger partial charge in [0.15, 0.2) is 11.7 Å². The number of carbonyl (C=O) groups is 3. The van der Waals surface area contributed by atoms with Gasteiger partial charge in [0.1, 0.15) is 0 Å². The number of ether oxygens (including phenoxy) is 4. The van der Waals surface area contributed by atoms with E-state index in [1.54, 1.807) is 6.08 Å². The van der Waals surface area contributed by atoms with Crippen molar-refractivity contribution in [1.29, 1.82) is 0 Å². The van der Waals surface area contributed by atoms with E-state index >= 15 is 0 Å². The van der Waals surface area contributed by atoms with Gasteiger partial charge in [-0.05, 0) is 30.8 Å². The second-order valence-corrected chi connectivity index (χ2v) is 9.63. The van der Waals surface area contributed by atoms with Gasteiger partial charge < -0.3 is 23.8 Å². The number of carbonyl (C=O) groups excluding carboxylic acids is 3. The molecule has 0 spiro atoms. The summed E-state index contributed by atoms with van der Waals surface area (Å²) in [5.41, 5.74) is -1.89. The van der Waals surface area contributed by atoms with Crippen LogP contribution in [0.2, 0.25) is 0 Å². The highest BCUT2D eigenvalue weighted by molar-refractivity contribution is 6.06. The Morgan fingerprint density at radius 2 is 1.87 bits per heavy atom. The van der Waals surface area contributed by atoms with Gasteiger partial charge in [0.25, 0.3) is 0 Å². The van der Waals surface area contributed by atoms with Crippen LogP contribution in [0.4, 0.5) is 0 Å². The molecule has 0 radical (unpaired) electrons. The van der Waals surface area contributed by atoms with E-state index in [9.17, 15) is 14.4 Å². The Bertz CT molecular complexity index is 841. The zero-order valence-corrected chi connectivity index (χ0v) is 18.6. The minimum absolute atomic E-state index is 0.264. The van der Waals surface area contributed by atoms with Crippen molar-refractivity contribution in [3.63, 3.8) is 0 Å². The van der Waals surface area contributed by atoms with Crippen molar-refractivity contribution < 1.29 is 33.3 Å². The fraction of sp³-hybridized carbons (Fsp3) is 0.696. The lowest BCUT2D eigenvalue weighted by atomic mass is 9.57. The molecular formula is C23H31NO7. The van der Waals surface area contributed by atoms with Crippen LogP contribution in [0.1, 0.15) is 46.5 Å². The van der Waals surface area contributed by atoms with Crippen LogP contribution < -0.4 is 0 Å². The molecule has 3 heterocycles. The van der Waals surface area contributed by atoms with Gasteiger partial charge in [0.05, 0.1) is 38.5 Å². The second-order valence-electron chi connectivity index (χ2n) is 9.63. The molecule has 8 heteroatoms. The predicted molar refractivity (Wildman–Crippen MR) is 109 cm³/mol. The first-order valence-corrected chi connectivity index (χ1v) is 10.9. The quantitative estimate of drug-likeness (QED) is 0.485. The summed E-state index contributed by atoms with van der Waals surface area (Å²) in [6.07, 6.45) is 7.00. The molecule has 2 bridgehead atoms. The minimum Gasteiger partial charge on any atom is -0.465 e. The summed E-state index contributed by atoms with van der Waals surface area (Å²) < 4.78 is 21.4. The lowest BCUT2D eigenvalue weighted by Crippen LogP contribution is -2.61. The van der Waals surface area contributed by atoms with Gasteiger partial charge in [-0.25, -0.2) is 4.79 Å². The summed E-state index contributed by atoms with van der Waals surface area (Å²) in [7, 11) is 1.30. The van der Waals surface area contributed by atoms with Crippen LogP contribution in [0.5, 0.6) is 0 Å². The Hall–Kier alpha value is -2.19. The molecule has 1 aliphatic carbocycles. The smallest absolute Gasteiger partial charge is 0.339 e. The number of amides is 1. The number of fused-ring (bicyclic) bond motifs is 2. The average molecular weight is 434 g/mol. The maximum absolute atomic E-state index is 14.1. The van der Waals surface area contributed by atoms with Crippen molar-refractivity contribution in [2.24, 2.45) is 16.2 Å². The first kappa shape index (κ1) is 22.0. The van der Waals surface area contributed by atoms with Crippen molar-refractivity contribution in [3.8, 4) is 0 Å². The topological polar surface area (TPSA) is 91.4 Å². The molecule has 3 fully saturated rings. The van der Waals surface area contributed by atoms with E-state index in [2.05, 4.69) is 6.92 Å². The maximum atomic E-state index is 14.1. The van der Waals surface area contributed by atoms with Crippen LogP contribution >= 0.6 is 0 Å². The van der Waals surface area contributed by atoms with Crippen LogP contribution in [-0.4, -0.2) is 62.0 Å². The van der Waals surface area contributed by atoms with Gasteiger partial charge in [-0.1, -0.05) is 26.8 Å². The first-order chi connectivity index (χ1) is 14.7. The number of esters is 2. The molecule has 2 saturated heterocycles. The van der Waals surface area contributed by atoms with Crippen molar-refractivity contribution in [2.45, 2.75) is 58.8 Å². The first-order valence-electron chi connectivity index (χ1n) is 10.9. The highest BCUT2D eigenvalue weighted by atomic mass is 16.7. The van der Waals surface area contributed by atoms with E-state index in [-0.39, 0.29) is 29.2 Å². The zero-order chi connectivity index (χ0) is 22.4. The van der Waals surface area contributed by atoms with Crippen molar-refractivity contribution in [1.82, 2.24) is 4.90 Å². The highest BCUT2D eigenvalue weighted by Gasteiger charge is 2.72. The van der Waals surface area contributed by atoms with Gasteiger partial charge in [-0.15, -0.1) is 0 Å². The Kier molecular flexibility index (Phi) is 5.50. The van der Waals surface area contributed by atoms with Crippen LogP contribution in [-0.2, 0) is 33.3 Å². The monoisotopic (exact) mass is 433 g/mol. The van der Waals surface area contributed by atoms with Crippen molar-refractivity contribution in [2.75, 3.05) is 26.9 Å². The fourth-order valence-electron chi connectivity index (χ4n) is 5.40. The molecule has 0 aromatic heterocycles. The largest absolute Gasteiger partial charge is 0.465 e. The fourth-order valence-corrected chi connectivity index (χ4v) is 5.40. The molecule has 0 aromatic rings. The van der Waals surface area contributed by atoms with E-state index in [4.69, 9.17) is 18.9 Å². The van der Waals surface area contributed by atoms with Crippen LogP contribution in [0.15, 0.2) is 23.9 Å². The molecule has 1 amide bonds. The third-order valence-electron chi connectivity index (χ3n) is 8.04.